The average molecular weight is 342 g/mol. The lowest BCUT2D eigenvalue weighted by Gasteiger charge is -2.15. The maximum absolute atomic E-state index is 12.4. The van der Waals surface area contributed by atoms with E-state index in [0.717, 1.165) is 0 Å². The van der Waals surface area contributed by atoms with Crippen LogP contribution in [0.1, 0.15) is 11.4 Å². The summed E-state index contributed by atoms with van der Waals surface area (Å²) in [6, 6.07) is 5.92. The van der Waals surface area contributed by atoms with Gasteiger partial charge < -0.3 is 15.4 Å². The summed E-state index contributed by atoms with van der Waals surface area (Å²) in [5.41, 5.74) is 0.358. The summed E-state index contributed by atoms with van der Waals surface area (Å²) in [5, 5.41) is 9.87. The van der Waals surface area contributed by atoms with E-state index in [1.807, 2.05) is 0 Å². The maximum Gasteiger partial charge on any atom is 0.573 e. The van der Waals surface area contributed by atoms with Gasteiger partial charge >= 0.3 is 6.36 Å². The number of halogens is 3. The molecular formula is C14H17F3N6O. The summed E-state index contributed by atoms with van der Waals surface area (Å²) in [5.74, 6) is 0.861. The number of para-hydroxylation sites is 1. The summed E-state index contributed by atoms with van der Waals surface area (Å²) in [6.07, 6.45) is -3.31. The highest BCUT2D eigenvalue weighted by Crippen LogP contribution is 2.25. The fourth-order valence-corrected chi connectivity index (χ4v) is 1.92. The van der Waals surface area contributed by atoms with E-state index in [1.165, 1.54) is 18.5 Å². The van der Waals surface area contributed by atoms with Crippen LogP contribution in [0.2, 0.25) is 0 Å². The topological polar surface area (TPSA) is 76.4 Å². The van der Waals surface area contributed by atoms with E-state index >= 15 is 0 Å². The lowest BCUT2D eigenvalue weighted by Crippen LogP contribution is -2.37. The number of ether oxygens (including phenoxy) is 1. The molecule has 0 unspecified atom stereocenters. The van der Waals surface area contributed by atoms with Crippen molar-refractivity contribution < 1.29 is 17.9 Å². The largest absolute Gasteiger partial charge is 0.573 e. The molecule has 0 saturated heterocycles. The number of benzene rings is 1. The second-order valence-electron chi connectivity index (χ2n) is 4.73. The first-order chi connectivity index (χ1) is 11.4. The molecule has 2 aromatic rings. The third kappa shape index (κ3) is 5.14. The van der Waals surface area contributed by atoms with Crippen molar-refractivity contribution in [2.45, 2.75) is 19.5 Å². The van der Waals surface area contributed by atoms with Crippen LogP contribution in [0.4, 0.5) is 13.2 Å². The van der Waals surface area contributed by atoms with Crippen molar-refractivity contribution in [1.82, 2.24) is 25.4 Å². The van der Waals surface area contributed by atoms with E-state index < -0.39 is 6.36 Å². The molecule has 0 amide bonds. The molecule has 0 radical (unpaired) electrons. The van der Waals surface area contributed by atoms with Gasteiger partial charge in [0, 0.05) is 26.2 Å². The van der Waals surface area contributed by atoms with E-state index in [9.17, 15) is 13.2 Å². The molecule has 1 aromatic heterocycles. The first-order valence-corrected chi connectivity index (χ1v) is 7.00. The van der Waals surface area contributed by atoms with E-state index in [1.54, 1.807) is 30.9 Å². The number of alkyl halides is 3. The van der Waals surface area contributed by atoms with Crippen LogP contribution < -0.4 is 15.4 Å². The van der Waals surface area contributed by atoms with Crippen molar-refractivity contribution in [1.29, 1.82) is 0 Å². The maximum atomic E-state index is 12.4. The molecule has 2 N–H and O–H groups in total. The molecular weight excluding hydrogens is 325 g/mol. The molecule has 0 atom stereocenters. The van der Waals surface area contributed by atoms with Crippen molar-refractivity contribution in [3.05, 3.63) is 42.0 Å². The molecule has 0 spiro atoms. The van der Waals surface area contributed by atoms with Gasteiger partial charge in [0.2, 0.25) is 0 Å². The molecule has 1 aromatic carbocycles. The van der Waals surface area contributed by atoms with E-state index in [-0.39, 0.29) is 12.3 Å². The third-order valence-corrected chi connectivity index (χ3v) is 3.09. The Bertz CT molecular complexity index is 698. The molecule has 130 valence electrons. The smallest absolute Gasteiger partial charge is 0.405 e. The number of aryl methyl sites for hydroxylation is 1. The molecule has 0 aliphatic heterocycles. The highest BCUT2D eigenvalue weighted by molar-refractivity contribution is 5.79. The van der Waals surface area contributed by atoms with Crippen LogP contribution in [-0.4, -0.2) is 34.1 Å². The van der Waals surface area contributed by atoms with Gasteiger partial charge in [0.15, 0.2) is 5.96 Å². The molecule has 0 aliphatic carbocycles. The molecule has 0 fully saturated rings. The normalized spacial score (nSPS) is 12.1. The van der Waals surface area contributed by atoms with Crippen molar-refractivity contribution in [3.8, 4) is 5.75 Å². The minimum absolute atomic E-state index is 0.116. The van der Waals surface area contributed by atoms with Gasteiger partial charge in [0.05, 0.1) is 6.54 Å². The zero-order chi connectivity index (χ0) is 17.6. The number of guanidine groups is 1. The molecule has 0 aliphatic rings. The van der Waals surface area contributed by atoms with Crippen LogP contribution in [-0.2, 0) is 20.1 Å². The monoisotopic (exact) mass is 342 g/mol. The summed E-state index contributed by atoms with van der Waals surface area (Å²) in [6.45, 7) is 0.488. The number of nitrogens with zero attached hydrogens (tertiary/aromatic N) is 4. The standard InChI is InChI=1S/C14H17F3N6O/c1-18-13(20-8-12-21-9-22-23(12)2)19-7-10-5-3-4-6-11(10)24-14(15,16)17/h3-6,9H,7-8H2,1-2H3,(H2,18,19,20). The third-order valence-electron chi connectivity index (χ3n) is 3.09. The Morgan fingerprint density at radius 1 is 1.25 bits per heavy atom. The molecule has 2 rings (SSSR count). The number of aromatic nitrogens is 3. The zero-order valence-electron chi connectivity index (χ0n) is 13.1. The minimum Gasteiger partial charge on any atom is -0.405 e. The fourth-order valence-electron chi connectivity index (χ4n) is 1.92. The van der Waals surface area contributed by atoms with Crippen molar-refractivity contribution in [2.75, 3.05) is 7.05 Å². The van der Waals surface area contributed by atoms with Gasteiger partial charge in [0.1, 0.15) is 17.9 Å². The van der Waals surface area contributed by atoms with Crippen LogP contribution in [0.15, 0.2) is 35.6 Å². The van der Waals surface area contributed by atoms with Crippen LogP contribution in [0.25, 0.3) is 0 Å². The van der Waals surface area contributed by atoms with E-state index in [4.69, 9.17) is 0 Å². The first-order valence-electron chi connectivity index (χ1n) is 7.00. The molecule has 0 saturated carbocycles. The summed E-state index contributed by atoms with van der Waals surface area (Å²) in [7, 11) is 3.31. The first kappa shape index (κ1) is 17.6. The molecule has 7 nitrogen and oxygen atoms in total. The number of hydrogen-bond donors (Lipinski definition) is 2. The van der Waals surface area contributed by atoms with Gasteiger partial charge in [-0.25, -0.2) is 4.98 Å². The second-order valence-corrected chi connectivity index (χ2v) is 4.73. The van der Waals surface area contributed by atoms with E-state index in [0.29, 0.717) is 23.9 Å². The predicted octanol–water partition coefficient (Wildman–Crippen LogP) is 1.58. The lowest BCUT2D eigenvalue weighted by molar-refractivity contribution is -0.274. The molecule has 24 heavy (non-hydrogen) atoms. The minimum atomic E-state index is -4.73. The van der Waals surface area contributed by atoms with Gasteiger partial charge in [0.25, 0.3) is 0 Å². The van der Waals surface area contributed by atoms with Gasteiger partial charge in [-0.3, -0.25) is 9.67 Å². The Balaban J connectivity index is 1.95. The van der Waals surface area contributed by atoms with Gasteiger partial charge in [-0.2, -0.15) is 5.10 Å². The Morgan fingerprint density at radius 2 is 1.96 bits per heavy atom. The Kier molecular flexibility index (Phi) is 5.61. The van der Waals surface area contributed by atoms with Crippen molar-refractivity contribution in [2.24, 2.45) is 12.0 Å². The van der Waals surface area contributed by atoms with Crippen molar-refractivity contribution >= 4 is 5.96 Å². The number of hydrogen-bond acceptors (Lipinski definition) is 4. The van der Waals surface area contributed by atoms with Crippen LogP contribution >= 0.6 is 0 Å². The Morgan fingerprint density at radius 3 is 2.58 bits per heavy atom. The summed E-state index contributed by atoms with van der Waals surface area (Å²) in [4.78, 5) is 8.07. The Hall–Kier alpha value is -2.78. The Labute approximate surface area is 136 Å². The number of rotatable bonds is 5. The van der Waals surface area contributed by atoms with Gasteiger partial charge in [-0.05, 0) is 6.07 Å². The highest BCUT2D eigenvalue weighted by Gasteiger charge is 2.31. The summed E-state index contributed by atoms with van der Waals surface area (Å²) >= 11 is 0. The lowest BCUT2D eigenvalue weighted by atomic mass is 10.2. The fraction of sp³-hybridized carbons (Fsp3) is 0.357. The SMILES string of the molecule is CN=C(NCc1ccccc1OC(F)(F)F)NCc1ncnn1C. The number of aliphatic imine (C=N–C) groups is 1. The summed E-state index contributed by atoms with van der Waals surface area (Å²) < 4.78 is 42.8. The average Bonchev–Trinajstić information content (AvgIpc) is 2.93. The second kappa shape index (κ2) is 7.66. The quantitative estimate of drug-likeness (QED) is 0.637. The van der Waals surface area contributed by atoms with Crippen LogP contribution in [0.5, 0.6) is 5.75 Å². The molecule has 10 heteroatoms. The molecule has 0 bridgehead atoms. The molecule has 1 heterocycles. The van der Waals surface area contributed by atoms with Gasteiger partial charge in [-0.1, -0.05) is 18.2 Å². The highest BCUT2D eigenvalue weighted by atomic mass is 19.4. The van der Waals surface area contributed by atoms with Crippen LogP contribution in [0, 0.1) is 0 Å². The predicted molar refractivity (Wildman–Crippen MR) is 81.2 cm³/mol. The number of nitrogens with one attached hydrogen (secondary N) is 2. The zero-order valence-corrected chi connectivity index (χ0v) is 13.1. The van der Waals surface area contributed by atoms with E-state index in [2.05, 4.69) is 30.4 Å². The van der Waals surface area contributed by atoms with Crippen LogP contribution in [0.3, 0.4) is 0 Å². The van der Waals surface area contributed by atoms with Gasteiger partial charge in [-0.15, -0.1) is 13.2 Å². The van der Waals surface area contributed by atoms with Crippen molar-refractivity contribution in [3.63, 3.8) is 0 Å².